The predicted octanol–water partition coefficient (Wildman–Crippen LogP) is 2.75. The van der Waals surface area contributed by atoms with Gasteiger partial charge in [-0.05, 0) is 36.8 Å². The minimum atomic E-state index is -0.347. The lowest BCUT2D eigenvalue weighted by Crippen LogP contribution is -2.48. The number of methoxy groups -OCH3 is 1. The van der Waals surface area contributed by atoms with E-state index in [1.54, 1.807) is 13.1 Å². The molecule has 0 atom stereocenters. The van der Waals surface area contributed by atoms with E-state index in [1.165, 1.54) is 13.2 Å². The Morgan fingerprint density at radius 2 is 2.16 bits per heavy atom. The third-order valence-electron chi connectivity index (χ3n) is 4.62. The van der Waals surface area contributed by atoms with E-state index in [0.717, 1.165) is 44.1 Å². The van der Waals surface area contributed by atoms with Crippen LogP contribution in [0.4, 0.5) is 4.39 Å². The zero-order valence-corrected chi connectivity index (χ0v) is 16.3. The highest BCUT2D eigenvalue weighted by Gasteiger charge is 2.32. The van der Waals surface area contributed by atoms with E-state index in [4.69, 9.17) is 9.47 Å². The monoisotopic (exact) mass is 369 g/mol. The van der Waals surface area contributed by atoms with Crippen molar-refractivity contribution in [3.63, 3.8) is 0 Å². The van der Waals surface area contributed by atoms with Crippen molar-refractivity contribution >= 4 is 17.7 Å². The van der Waals surface area contributed by atoms with Gasteiger partial charge in [-0.15, -0.1) is 0 Å². The molecule has 0 amide bonds. The van der Waals surface area contributed by atoms with Crippen LogP contribution in [0.5, 0.6) is 5.75 Å². The van der Waals surface area contributed by atoms with Crippen molar-refractivity contribution in [1.82, 2.24) is 10.2 Å². The average Bonchev–Trinajstić information content (AvgIpc) is 2.63. The fraction of sp³-hybridized carbons (Fsp3) is 0.611. The molecule has 0 unspecified atom stereocenters. The molecule has 1 aliphatic heterocycles. The Labute approximate surface area is 154 Å². The van der Waals surface area contributed by atoms with Crippen LogP contribution in [0.3, 0.4) is 0 Å². The maximum atomic E-state index is 13.9. The van der Waals surface area contributed by atoms with Gasteiger partial charge in [0.2, 0.25) is 0 Å². The first kappa shape index (κ1) is 19.8. The molecule has 0 aromatic heterocycles. The summed E-state index contributed by atoms with van der Waals surface area (Å²) >= 11 is 1.89. The Kier molecular flexibility index (Phi) is 7.38. The van der Waals surface area contributed by atoms with E-state index in [2.05, 4.69) is 16.6 Å². The Hall–Kier alpha value is -1.47. The number of hydrogen-bond donors (Lipinski definition) is 1. The van der Waals surface area contributed by atoms with Gasteiger partial charge in [0, 0.05) is 45.1 Å². The molecular weight excluding hydrogens is 341 g/mol. The molecule has 1 N–H and O–H groups in total. The van der Waals surface area contributed by atoms with Crippen LogP contribution in [0.2, 0.25) is 0 Å². The van der Waals surface area contributed by atoms with Crippen LogP contribution in [-0.2, 0) is 11.3 Å². The smallest absolute Gasteiger partial charge is 0.193 e. The van der Waals surface area contributed by atoms with Crippen molar-refractivity contribution in [3.05, 3.63) is 29.6 Å². The number of guanidine groups is 1. The maximum Gasteiger partial charge on any atom is 0.193 e. The van der Waals surface area contributed by atoms with Crippen LogP contribution in [0.1, 0.15) is 18.4 Å². The Morgan fingerprint density at radius 3 is 2.72 bits per heavy atom. The molecule has 7 heteroatoms. The molecule has 0 radical (unpaired) electrons. The molecule has 1 aromatic rings. The second-order valence-corrected chi connectivity index (χ2v) is 7.50. The SMILES string of the molecule is CN=C(NCC1(SC)CCOCC1)N(C)Cc1ccc(OC)c(F)c1. The van der Waals surface area contributed by atoms with Gasteiger partial charge in [0.05, 0.1) is 7.11 Å². The fourth-order valence-electron chi connectivity index (χ4n) is 2.98. The van der Waals surface area contributed by atoms with Crippen molar-refractivity contribution in [2.45, 2.75) is 24.1 Å². The van der Waals surface area contributed by atoms with Gasteiger partial charge in [-0.2, -0.15) is 11.8 Å². The zero-order valence-electron chi connectivity index (χ0n) is 15.5. The largest absolute Gasteiger partial charge is 0.494 e. The lowest BCUT2D eigenvalue weighted by Gasteiger charge is -2.37. The quantitative estimate of drug-likeness (QED) is 0.617. The van der Waals surface area contributed by atoms with Gasteiger partial charge in [0.25, 0.3) is 0 Å². The van der Waals surface area contributed by atoms with Crippen molar-refractivity contribution in [2.75, 3.05) is 47.2 Å². The number of thioether (sulfide) groups is 1. The third-order valence-corrected chi connectivity index (χ3v) is 6.03. The summed E-state index contributed by atoms with van der Waals surface area (Å²) in [6, 6.07) is 5.03. The van der Waals surface area contributed by atoms with Crippen LogP contribution in [0, 0.1) is 5.82 Å². The number of halogens is 1. The third kappa shape index (κ3) is 5.25. The van der Waals surface area contributed by atoms with E-state index in [-0.39, 0.29) is 16.3 Å². The molecule has 1 aliphatic rings. The van der Waals surface area contributed by atoms with Crippen molar-refractivity contribution < 1.29 is 13.9 Å². The van der Waals surface area contributed by atoms with Gasteiger partial charge in [-0.25, -0.2) is 4.39 Å². The fourth-order valence-corrected chi connectivity index (χ4v) is 3.77. The molecular formula is C18H28FN3O2S. The molecule has 5 nitrogen and oxygen atoms in total. The van der Waals surface area contributed by atoms with Crippen molar-refractivity contribution in [2.24, 2.45) is 4.99 Å². The van der Waals surface area contributed by atoms with Gasteiger partial charge in [0.15, 0.2) is 17.5 Å². The van der Waals surface area contributed by atoms with E-state index < -0.39 is 0 Å². The molecule has 25 heavy (non-hydrogen) atoms. The zero-order chi connectivity index (χ0) is 18.3. The number of rotatable bonds is 6. The normalized spacial score (nSPS) is 17.2. The molecule has 1 saturated heterocycles. The summed E-state index contributed by atoms with van der Waals surface area (Å²) in [5, 5.41) is 3.47. The molecule has 2 rings (SSSR count). The second-order valence-electron chi connectivity index (χ2n) is 6.23. The number of ether oxygens (including phenoxy) is 2. The molecule has 1 heterocycles. The van der Waals surface area contributed by atoms with E-state index in [0.29, 0.717) is 6.54 Å². The van der Waals surface area contributed by atoms with Gasteiger partial charge >= 0.3 is 0 Å². The summed E-state index contributed by atoms with van der Waals surface area (Å²) in [4.78, 5) is 6.36. The Balaban J connectivity index is 1.96. The minimum absolute atomic E-state index is 0.182. The van der Waals surface area contributed by atoms with Gasteiger partial charge < -0.3 is 19.7 Å². The van der Waals surface area contributed by atoms with Gasteiger partial charge in [-0.3, -0.25) is 4.99 Å². The summed E-state index contributed by atoms with van der Waals surface area (Å²) in [6.07, 6.45) is 4.22. The number of hydrogen-bond acceptors (Lipinski definition) is 4. The first-order valence-electron chi connectivity index (χ1n) is 8.40. The van der Waals surface area contributed by atoms with Gasteiger partial charge in [-0.1, -0.05) is 6.07 Å². The number of benzene rings is 1. The van der Waals surface area contributed by atoms with E-state index >= 15 is 0 Å². The standard InChI is InChI=1S/C18H28FN3O2S/c1-20-17(21-13-18(25-4)7-9-24-10-8-18)22(2)12-14-5-6-16(23-3)15(19)11-14/h5-6,11H,7-10,12-13H2,1-4H3,(H,20,21). The van der Waals surface area contributed by atoms with Crippen LogP contribution in [-0.4, -0.2) is 62.8 Å². The molecule has 0 bridgehead atoms. The molecule has 140 valence electrons. The summed E-state index contributed by atoms with van der Waals surface area (Å²) in [6.45, 7) is 3.02. The topological polar surface area (TPSA) is 46.1 Å². The van der Waals surface area contributed by atoms with Crippen LogP contribution < -0.4 is 10.1 Å². The minimum Gasteiger partial charge on any atom is -0.494 e. The highest BCUT2D eigenvalue weighted by Crippen LogP contribution is 2.33. The molecule has 0 saturated carbocycles. The van der Waals surface area contributed by atoms with Crippen LogP contribution in [0.25, 0.3) is 0 Å². The molecule has 0 spiro atoms. The lowest BCUT2D eigenvalue weighted by atomic mass is 9.99. The van der Waals surface area contributed by atoms with E-state index in [9.17, 15) is 4.39 Å². The number of aliphatic imine (C=N–C) groups is 1. The summed E-state index contributed by atoms with van der Waals surface area (Å²) < 4.78 is 24.5. The first-order valence-corrected chi connectivity index (χ1v) is 9.63. The Morgan fingerprint density at radius 1 is 1.44 bits per heavy atom. The van der Waals surface area contributed by atoms with E-state index in [1.807, 2.05) is 29.8 Å². The van der Waals surface area contributed by atoms with Gasteiger partial charge in [0.1, 0.15) is 0 Å². The highest BCUT2D eigenvalue weighted by molar-refractivity contribution is 8.00. The molecule has 1 fully saturated rings. The van der Waals surface area contributed by atoms with Crippen molar-refractivity contribution in [1.29, 1.82) is 0 Å². The first-order chi connectivity index (χ1) is 12.0. The van der Waals surface area contributed by atoms with Crippen molar-refractivity contribution in [3.8, 4) is 5.75 Å². The Bertz CT molecular complexity index is 592. The van der Waals surface area contributed by atoms with Crippen LogP contribution >= 0.6 is 11.8 Å². The average molecular weight is 370 g/mol. The molecule has 0 aliphatic carbocycles. The highest BCUT2D eigenvalue weighted by atomic mass is 32.2. The van der Waals surface area contributed by atoms with Crippen LogP contribution in [0.15, 0.2) is 23.2 Å². The second kappa shape index (κ2) is 9.29. The lowest BCUT2D eigenvalue weighted by molar-refractivity contribution is 0.0781. The molecule has 1 aromatic carbocycles. The number of nitrogens with zero attached hydrogens (tertiary/aromatic N) is 2. The number of nitrogens with one attached hydrogen (secondary N) is 1. The summed E-state index contributed by atoms with van der Waals surface area (Å²) in [5.41, 5.74) is 0.870. The summed E-state index contributed by atoms with van der Waals surface area (Å²) in [7, 11) is 5.18. The predicted molar refractivity (Wildman–Crippen MR) is 102 cm³/mol. The maximum absolute atomic E-state index is 13.9. The summed E-state index contributed by atoms with van der Waals surface area (Å²) in [5.74, 6) is 0.714.